The second-order valence-corrected chi connectivity index (χ2v) is 7.02. The van der Waals surface area contributed by atoms with Crippen molar-refractivity contribution in [1.82, 2.24) is 15.5 Å². The number of hydrogen-bond acceptors (Lipinski definition) is 3. The first-order valence-electron chi connectivity index (χ1n) is 9.00. The number of hydrogen-bond donors (Lipinski definition) is 2. The Kier molecular flexibility index (Phi) is 7.26. The number of nitrogens with zero attached hydrogens (tertiary/aromatic N) is 1. The molecule has 3 rings (SSSR count). The van der Waals surface area contributed by atoms with Gasteiger partial charge in [0.1, 0.15) is 0 Å². The van der Waals surface area contributed by atoms with E-state index in [0.29, 0.717) is 12.5 Å². The van der Waals surface area contributed by atoms with Gasteiger partial charge in [-0.1, -0.05) is 17.7 Å². The third-order valence-corrected chi connectivity index (χ3v) is 5.01. The molecule has 5 nitrogen and oxygen atoms in total. The van der Waals surface area contributed by atoms with Gasteiger partial charge < -0.3 is 15.5 Å². The van der Waals surface area contributed by atoms with Crippen molar-refractivity contribution >= 4 is 24.2 Å². The van der Waals surface area contributed by atoms with Gasteiger partial charge in [-0.3, -0.25) is 9.59 Å². The standard InChI is InChI=1S/C19H27N3O2.ClH/c1-14-5-2-7-16(11-14)19(24)22-10-4-6-15(13-22)12-21-18(23)17-8-3-9-20-17;/h2,5,7,11,15,17,20H,3-4,6,8-10,12-13H2,1H3,(H,21,23);1H. The van der Waals surface area contributed by atoms with Crippen LogP contribution in [0.5, 0.6) is 0 Å². The summed E-state index contributed by atoms with van der Waals surface area (Å²) in [5, 5.41) is 6.28. The van der Waals surface area contributed by atoms with Crippen LogP contribution in [-0.2, 0) is 4.79 Å². The van der Waals surface area contributed by atoms with Crippen molar-refractivity contribution in [1.29, 1.82) is 0 Å². The van der Waals surface area contributed by atoms with Crippen LogP contribution in [0.15, 0.2) is 24.3 Å². The Labute approximate surface area is 155 Å². The van der Waals surface area contributed by atoms with Crippen LogP contribution in [0.25, 0.3) is 0 Å². The molecular weight excluding hydrogens is 338 g/mol. The van der Waals surface area contributed by atoms with E-state index >= 15 is 0 Å². The van der Waals surface area contributed by atoms with E-state index < -0.39 is 0 Å². The van der Waals surface area contributed by atoms with Crippen molar-refractivity contribution in [3.05, 3.63) is 35.4 Å². The van der Waals surface area contributed by atoms with Crippen LogP contribution < -0.4 is 10.6 Å². The SMILES string of the molecule is Cc1cccc(C(=O)N2CCCC(CNC(=O)C3CCCN3)C2)c1.Cl. The lowest BCUT2D eigenvalue weighted by molar-refractivity contribution is -0.123. The lowest BCUT2D eigenvalue weighted by atomic mass is 9.97. The number of halogens is 1. The number of aryl methyl sites for hydroxylation is 1. The minimum atomic E-state index is -0.0291. The Morgan fingerprint density at radius 3 is 2.84 bits per heavy atom. The zero-order chi connectivity index (χ0) is 16.9. The molecule has 2 aliphatic heterocycles. The van der Waals surface area contributed by atoms with E-state index in [-0.39, 0.29) is 30.3 Å². The van der Waals surface area contributed by atoms with Crippen molar-refractivity contribution in [2.24, 2.45) is 5.92 Å². The van der Waals surface area contributed by atoms with E-state index in [1.807, 2.05) is 36.1 Å². The van der Waals surface area contributed by atoms with Gasteiger partial charge in [0.2, 0.25) is 5.91 Å². The molecule has 0 spiro atoms. The van der Waals surface area contributed by atoms with E-state index in [9.17, 15) is 9.59 Å². The Balaban J connectivity index is 0.00000225. The minimum absolute atomic E-state index is 0. The summed E-state index contributed by atoms with van der Waals surface area (Å²) in [7, 11) is 0. The Hall–Kier alpha value is -1.59. The molecule has 25 heavy (non-hydrogen) atoms. The third kappa shape index (κ3) is 5.19. The average Bonchev–Trinajstić information content (AvgIpc) is 3.14. The highest BCUT2D eigenvalue weighted by Gasteiger charge is 2.26. The highest BCUT2D eigenvalue weighted by Crippen LogP contribution is 2.19. The van der Waals surface area contributed by atoms with Gasteiger partial charge in [0.15, 0.2) is 0 Å². The van der Waals surface area contributed by atoms with Crippen LogP contribution in [0, 0.1) is 12.8 Å². The van der Waals surface area contributed by atoms with Crippen LogP contribution >= 0.6 is 12.4 Å². The van der Waals surface area contributed by atoms with Crippen LogP contribution in [-0.4, -0.2) is 48.9 Å². The van der Waals surface area contributed by atoms with Crippen molar-refractivity contribution in [2.45, 2.75) is 38.6 Å². The highest BCUT2D eigenvalue weighted by molar-refractivity contribution is 5.94. The zero-order valence-corrected chi connectivity index (χ0v) is 15.6. The molecule has 0 radical (unpaired) electrons. The number of carbonyl (C=O) groups is 2. The summed E-state index contributed by atoms with van der Waals surface area (Å²) >= 11 is 0. The summed E-state index contributed by atoms with van der Waals surface area (Å²) in [5.41, 5.74) is 1.86. The van der Waals surface area contributed by atoms with Gasteiger partial charge in [-0.15, -0.1) is 12.4 Å². The van der Waals surface area contributed by atoms with Crippen LogP contribution in [0.3, 0.4) is 0 Å². The van der Waals surface area contributed by atoms with E-state index in [0.717, 1.165) is 56.4 Å². The lowest BCUT2D eigenvalue weighted by Crippen LogP contribution is -2.46. The summed E-state index contributed by atoms with van der Waals surface area (Å²) in [6.07, 6.45) is 4.06. The number of nitrogens with one attached hydrogen (secondary N) is 2. The normalized spacial score (nSPS) is 23.0. The number of rotatable bonds is 4. The van der Waals surface area contributed by atoms with Gasteiger partial charge in [0, 0.05) is 25.2 Å². The number of carbonyl (C=O) groups excluding carboxylic acids is 2. The fourth-order valence-corrected chi connectivity index (χ4v) is 3.65. The third-order valence-electron chi connectivity index (χ3n) is 5.01. The molecule has 2 amide bonds. The first-order valence-corrected chi connectivity index (χ1v) is 9.00. The molecule has 0 bridgehead atoms. The monoisotopic (exact) mass is 365 g/mol. The molecule has 2 fully saturated rings. The summed E-state index contributed by atoms with van der Waals surface area (Å²) in [5.74, 6) is 0.555. The summed E-state index contributed by atoms with van der Waals surface area (Å²) < 4.78 is 0. The van der Waals surface area contributed by atoms with Gasteiger partial charge in [0.05, 0.1) is 6.04 Å². The van der Waals surface area contributed by atoms with Gasteiger partial charge >= 0.3 is 0 Å². The molecule has 0 aliphatic carbocycles. The molecule has 2 aliphatic rings. The number of benzene rings is 1. The van der Waals surface area contributed by atoms with Crippen LogP contribution in [0.2, 0.25) is 0 Å². The molecular formula is C19H28ClN3O2. The van der Waals surface area contributed by atoms with Gasteiger partial charge in [0.25, 0.3) is 5.91 Å². The maximum Gasteiger partial charge on any atom is 0.253 e. The van der Waals surface area contributed by atoms with E-state index in [1.165, 1.54) is 0 Å². The molecule has 2 unspecified atom stereocenters. The second-order valence-electron chi connectivity index (χ2n) is 7.02. The number of amides is 2. The molecule has 1 aromatic carbocycles. The molecule has 2 heterocycles. The van der Waals surface area contributed by atoms with Crippen molar-refractivity contribution in [3.8, 4) is 0 Å². The first kappa shape index (κ1) is 19.7. The van der Waals surface area contributed by atoms with Crippen molar-refractivity contribution < 1.29 is 9.59 Å². The predicted molar refractivity (Wildman–Crippen MR) is 101 cm³/mol. The molecule has 138 valence electrons. The number of piperidine rings is 1. The van der Waals surface area contributed by atoms with Crippen LogP contribution in [0.1, 0.15) is 41.6 Å². The molecule has 0 saturated carbocycles. The quantitative estimate of drug-likeness (QED) is 0.859. The summed E-state index contributed by atoms with van der Waals surface area (Å²) in [4.78, 5) is 26.7. The molecule has 2 atom stereocenters. The Bertz CT molecular complexity index is 602. The van der Waals surface area contributed by atoms with Gasteiger partial charge in [-0.25, -0.2) is 0 Å². The molecule has 2 N–H and O–H groups in total. The van der Waals surface area contributed by atoms with E-state index in [2.05, 4.69) is 10.6 Å². The molecule has 2 saturated heterocycles. The lowest BCUT2D eigenvalue weighted by Gasteiger charge is -2.33. The minimum Gasteiger partial charge on any atom is -0.354 e. The maximum absolute atomic E-state index is 12.7. The van der Waals surface area contributed by atoms with Crippen molar-refractivity contribution in [3.63, 3.8) is 0 Å². The van der Waals surface area contributed by atoms with E-state index in [1.54, 1.807) is 0 Å². The Morgan fingerprint density at radius 2 is 2.12 bits per heavy atom. The molecule has 1 aromatic rings. The summed E-state index contributed by atoms with van der Waals surface area (Å²) in [6, 6.07) is 7.73. The topological polar surface area (TPSA) is 61.4 Å². The van der Waals surface area contributed by atoms with Crippen LogP contribution in [0.4, 0.5) is 0 Å². The molecule has 0 aromatic heterocycles. The fraction of sp³-hybridized carbons (Fsp3) is 0.579. The summed E-state index contributed by atoms with van der Waals surface area (Å²) in [6.45, 7) is 5.13. The zero-order valence-electron chi connectivity index (χ0n) is 14.8. The Morgan fingerprint density at radius 1 is 1.28 bits per heavy atom. The first-order chi connectivity index (χ1) is 11.6. The second kappa shape index (κ2) is 9.20. The highest BCUT2D eigenvalue weighted by atomic mass is 35.5. The maximum atomic E-state index is 12.7. The average molecular weight is 366 g/mol. The van der Waals surface area contributed by atoms with Crippen molar-refractivity contribution in [2.75, 3.05) is 26.2 Å². The molecule has 6 heteroatoms. The predicted octanol–water partition coefficient (Wildman–Crippen LogP) is 2.14. The largest absolute Gasteiger partial charge is 0.354 e. The van der Waals surface area contributed by atoms with Gasteiger partial charge in [-0.2, -0.15) is 0 Å². The number of likely N-dealkylation sites (tertiary alicyclic amines) is 1. The fourth-order valence-electron chi connectivity index (χ4n) is 3.65. The smallest absolute Gasteiger partial charge is 0.253 e. The van der Waals surface area contributed by atoms with E-state index in [4.69, 9.17) is 0 Å². The van der Waals surface area contributed by atoms with Gasteiger partial charge in [-0.05, 0) is 57.2 Å².